The average Bonchev–Trinajstić information content (AvgIpc) is 3.27. The third kappa shape index (κ3) is 4.50. The summed E-state index contributed by atoms with van der Waals surface area (Å²) < 4.78 is 38.2. The first-order valence-electron chi connectivity index (χ1n) is 9.70. The lowest BCUT2D eigenvalue weighted by molar-refractivity contribution is -0.388. The maximum atomic E-state index is 13.0. The van der Waals surface area contributed by atoms with Gasteiger partial charge in [-0.25, -0.2) is 8.42 Å². The van der Waals surface area contributed by atoms with E-state index in [2.05, 4.69) is 10.2 Å². The Hall–Kier alpha value is -2.70. The lowest BCUT2D eigenvalue weighted by atomic mass is 10.2. The first-order valence-corrected chi connectivity index (χ1v) is 12.0. The van der Waals surface area contributed by atoms with E-state index >= 15 is 0 Å². The van der Waals surface area contributed by atoms with Crippen LogP contribution < -0.4 is 0 Å². The molecule has 3 heterocycles. The summed E-state index contributed by atoms with van der Waals surface area (Å²) in [5, 5.41) is 19.6. The normalized spacial score (nSPS) is 15.6. The number of furan rings is 1. The van der Waals surface area contributed by atoms with Crippen molar-refractivity contribution in [3.63, 3.8) is 0 Å². The molecule has 0 aliphatic carbocycles. The fourth-order valence-corrected chi connectivity index (χ4v) is 5.68. The number of rotatable bonds is 6. The summed E-state index contributed by atoms with van der Waals surface area (Å²) in [6.07, 6.45) is 5.02. The zero-order chi connectivity index (χ0) is 22.0. The molecule has 2 aromatic heterocycles. The van der Waals surface area contributed by atoms with E-state index in [0.717, 1.165) is 43.5 Å². The van der Waals surface area contributed by atoms with Crippen LogP contribution in [0.1, 0.15) is 31.4 Å². The minimum absolute atomic E-state index is 0.0920. The molecule has 1 aliphatic heterocycles. The summed E-state index contributed by atoms with van der Waals surface area (Å²) in [6, 6.07) is 5.57. The van der Waals surface area contributed by atoms with E-state index in [1.54, 1.807) is 13.0 Å². The molecule has 4 rings (SSSR count). The number of sulfonamides is 1. The van der Waals surface area contributed by atoms with E-state index in [0.29, 0.717) is 24.4 Å². The van der Waals surface area contributed by atoms with Crippen molar-refractivity contribution in [2.24, 2.45) is 0 Å². The second-order valence-electron chi connectivity index (χ2n) is 7.07. The predicted octanol–water partition coefficient (Wildman–Crippen LogP) is 4.26. The predicted molar refractivity (Wildman–Crippen MR) is 111 cm³/mol. The van der Waals surface area contributed by atoms with Crippen LogP contribution in [0.15, 0.2) is 54.4 Å². The van der Waals surface area contributed by atoms with E-state index in [1.165, 1.54) is 22.7 Å². The highest BCUT2D eigenvalue weighted by Crippen LogP contribution is 2.37. The van der Waals surface area contributed by atoms with Crippen molar-refractivity contribution in [3.8, 4) is 11.5 Å². The van der Waals surface area contributed by atoms with Gasteiger partial charge in [0.05, 0.1) is 26.5 Å². The molecular weight excluding hydrogens is 444 g/mol. The highest BCUT2D eigenvalue weighted by Gasteiger charge is 2.28. The van der Waals surface area contributed by atoms with Gasteiger partial charge in [0.25, 0.3) is 16.8 Å². The Morgan fingerprint density at radius 3 is 2.52 bits per heavy atom. The van der Waals surface area contributed by atoms with Gasteiger partial charge in [-0.2, -0.15) is 4.31 Å². The first-order chi connectivity index (χ1) is 14.9. The first kappa shape index (κ1) is 21.5. The van der Waals surface area contributed by atoms with Crippen LogP contribution in [0, 0.1) is 17.0 Å². The van der Waals surface area contributed by atoms with Gasteiger partial charge in [0, 0.05) is 19.2 Å². The van der Waals surface area contributed by atoms with Crippen LogP contribution in [-0.4, -0.2) is 40.9 Å². The maximum Gasteiger partial charge on any atom is 0.284 e. The molecule has 12 heteroatoms. The summed E-state index contributed by atoms with van der Waals surface area (Å²) >= 11 is 0.904. The number of nitro groups is 1. The van der Waals surface area contributed by atoms with Crippen molar-refractivity contribution < 1.29 is 22.2 Å². The Morgan fingerprint density at radius 1 is 1.13 bits per heavy atom. The third-order valence-corrected chi connectivity index (χ3v) is 7.82. The van der Waals surface area contributed by atoms with Gasteiger partial charge >= 0.3 is 0 Å². The molecule has 0 saturated carbocycles. The molecule has 1 saturated heterocycles. The van der Waals surface area contributed by atoms with Gasteiger partial charge in [-0.3, -0.25) is 10.1 Å². The monoisotopic (exact) mass is 464 g/mol. The fraction of sp³-hybridized carbons (Fsp3) is 0.368. The molecule has 0 unspecified atom stereocenters. The second kappa shape index (κ2) is 8.81. The second-order valence-corrected chi connectivity index (χ2v) is 10.0. The lowest BCUT2D eigenvalue weighted by Gasteiger charge is -2.19. The van der Waals surface area contributed by atoms with Gasteiger partial charge in [-0.1, -0.05) is 12.8 Å². The summed E-state index contributed by atoms with van der Waals surface area (Å²) in [7, 11) is -3.80. The molecule has 10 nitrogen and oxygen atoms in total. The van der Waals surface area contributed by atoms with Gasteiger partial charge in [-0.15, -0.1) is 10.2 Å². The van der Waals surface area contributed by atoms with E-state index in [4.69, 9.17) is 8.83 Å². The van der Waals surface area contributed by atoms with E-state index in [-0.39, 0.29) is 26.6 Å². The number of aromatic nitrogens is 2. The summed E-state index contributed by atoms with van der Waals surface area (Å²) in [4.78, 5) is 11.2. The van der Waals surface area contributed by atoms with E-state index in [1.807, 2.05) is 0 Å². The largest absolute Gasteiger partial charge is 0.469 e. The number of benzene rings is 1. The quantitative estimate of drug-likeness (QED) is 0.387. The van der Waals surface area contributed by atoms with Gasteiger partial charge in [0.15, 0.2) is 0 Å². The molecule has 0 spiro atoms. The number of aryl methyl sites for hydroxylation is 1. The lowest BCUT2D eigenvalue weighted by Crippen LogP contribution is -2.31. The molecule has 0 radical (unpaired) electrons. The van der Waals surface area contributed by atoms with Gasteiger partial charge in [0.2, 0.25) is 10.0 Å². The van der Waals surface area contributed by atoms with Crippen LogP contribution in [0.5, 0.6) is 0 Å². The summed E-state index contributed by atoms with van der Waals surface area (Å²) in [5.41, 5.74) is 0.299. The van der Waals surface area contributed by atoms with Crippen molar-refractivity contribution in [2.45, 2.75) is 47.6 Å². The Balaban J connectivity index is 1.62. The van der Waals surface area contributed by atoms with Crippen LogP contribution in [-0.2, 0) is 10.0 Å². The molecule has 1 fully saturated rings. The molecule has 3 aromatic rings. The number of hydrogen-bond acceptors (Lipinski definition) is 9. The zero-order valence-corrected chi connectivity index (χ0v) is 18.3. The van der Waals surface area contributed by atoms with Crippen LogP contribution in [0.2, 0.25) is 0 Å². The van der Waals surface area contributed by atoms with Crippen molar-refractivity contribution in [1.29, 1.82) is 0 Å². The number of hydrogen-bond donors (Lipinski definition) is 0. The zero-order valence-electron chi connectivity index (χ0n) is 16.7. The topological polar surface area (TPSA) is 133 Å². The van der Waals surface area contributed by atoms with Gasteiger partial charge in [-0.05, 0) is 49.7 Å². The maximum absolute atomic E-state index is 13.0. The van der Waals surface area contributed by atoms with Gasteiger partial charge < -0.3 is 8.83 Å². The molecule has 0 bridgehead atoms. The smallest absolute Gasteiger partial charge is 0.284 e. The number of nitro benzene ring substituents is 1. The fourth-order valence-electron chi connectivity index (χ4n) is 3.38. The standard InChI is InChI=1S/C19H20N4O6S2/c1-13-15(8-11-28-13)18-20-21-19(29-18)30-17-7-6-14(12-16(17)23(24)25)31(26,27)22-9-4-2-3-5-10-22/h6-8,11-12H,2-5,9-10H2,1H3. The van der Waals surface area contributed by atoms with Crippen molar-refractivity contribution in [1.82, 2.24) is 14.5 Å². The number of nitrogens with zero attached hydrogens (tertiary/aromatic N) is 4. The molecule has 164 valence electrons. The highest BCUT2D eigenvalue weighted by atomic mass is 32.2. The minimum atomic E-state index is -3.80. The summed E-state index contributed by atoms with van der Waals surface area (Å²) in [6.45, 7) is 2.59. The van der Waals surface area contributed by atoms with Crippen molar-refractivity contribution >= 4 is 27.5 Å². The SMILES string of the molecule is Cc1occc1-c1nnc(Sc2ccc(S(=O)(=O)N3CCCCCC3)cc2[N+](=O)[O-])o1. The van der Waals surface area contributed by atoms with Gasteiger partial charge in [0.1, 0.15) is 5.76 Å². The van der Waals surface area contributed by atoms with Crippen LogP contribution in [0.4, 0.5) is 5.69 Å². The highest BCUT2D eigenvalue weighted by molar-refractivity contribution is 7.99. The van der Waals surface area contributed by atoms with Crippen molar-refractivity contribution in [3.05, 3.63) is 46.4 Å². The Kier molecular flexibility index (Phi) is 6.12. The molecular formula is C19H20N4O6S2. The van der Waals surface area contributed by atoms with Crippen LogP contribution >= 0.6 is 11.8 Å². The van der Waals surface area contributed by atoms with Crippen molar-refractivity contribution in [2.75, 3.05) is 13.1 Å². The minimum Gasteiger partial charge on any atom is -0.469 e. The Labute approximate surface area is 182 Å². The van der Waals surface area contributed by atoms with Crippen LogP contribution in [0.25, 0.3) is 11.5 Å². The average molecular weight is 465 g/mol. The molecule has 0 N–H and O–H groups in total. The van der Waals surface area contributed by atoms with E-state index in [9.17, 15) is 18.5 Å². The third-order valence-electron chi connectivity index (χ3n) is 5.02. The van der Waals surface area contributed by atoms with E-state index < -0.39 is 14.9 Å². The Morgan fingerprint density at radius 2 is 1.87 bits per heavy atom. The molecule has 1 aromatic carbocycles. The molecule has 31 heavy (non-hydrogen) atoms. The summed E-state index contributed by atoms with van der Waals surface area (Å²) in [5.74, 6) is 0.839. The molecule has 0 atom stereocenters. The molecule has 0 amide bonds. The Bertz CT molecular complexity index is 1200. The van der Waals surface area contributed by atoms with Crippen LogP contribution in [0.3, 0.4) is 0 Å². The molecule has 1 aliphatic rings.